The number of aromatic nitrogens is 4. The van der Waals surface area contributed by atoms with Crippen molar-refractivity contribution in [2.45, 2.75) is 56.4 Å². The highest BCUT2D eigenvalue weighted by Gasteiger charge is 2.61. The van der Waals surface area contributed by atoms with Crippen LogP contribution in [0.15, 0.2) is 16.8 Å². The zero-order chi connectivity index (χ0) is 16.5. The normalized spacial score (nSPS) is 37.0. The first-order valence-corrected chi connectivity index (χ1v) is 8.48. The second kappa shape index (κ2) is 4.43. The molecule has 0 saturated heterocycles. The van der Waals surface area contributed by atoms with Gasteiger partial charge in [-0.25, -0.2) is 0 Å². The molecule has 4 fully saturated rings. The molecule has 0 spiro atoms. The first-order valence-electron chi connectivity index (χ1n) is 8.48. The van der Waals surface area contributed by atoms with Crippen LogP contribution in [0.5, 0.6) is 0 Å². The molecule has 4 saturated carbocycles. The van der Waals surface area contributed by atoms with Crippen molar-refractivity contribution in [3.63, 3.8) is 0 Å². The molecule has 0 N–H and O–H groups in total. The predicted octanol–water partition coefficient (Wildman–Crippen LogP) is 2.73. The Bertz CT molecular complexity index is 811. The van der Waals surface area contributed by atoms with E-state index in [1.54, 1.807) is 6.20 Å². The van der Waals surface area contributed by atoms with Crippen molar-refractivity contribution < 1.29 is 9.34 Å². The van der Waals surface area contributed by atoms with Crippen LogP contribution >= 0.6 is 0 Å². The van der Waals surface area contributed by atoms with Crippen LogP contribution in [0.3, 0.4) is 0 Å². The molecule has 4 aliphatic carbocycles. The molecule has 4 bridgehead atoms. The van der Waals surface area contributed by atoms with Crippen molar-refractivity contribution in [1.82, 2.24) is 20.0 Å². The second-order valence-corrected chi connectivity index (χ2v) is 7.99. The number of nitro groups is 1. The fraction of sp³-hybridized carbons (Fsp3) is 0.688. The summed E-state index contributed by atoms with van der Waals surface area (Å²) in [7, 11) is 0. The zero-order valence-corrected chi connectivity index (χ0v) is 13.5. The fourth-order valence-electron chi connectivity index (χ4n) is 5.91. The summed E-state index contributed by atoms with van der Waals surface area (Å²) in [6.45, 7) is 1.82. The van der Waals surface area contributed by atoms with E-state index >= 15 is 0 Å². The van der Waals surface area contributed by atoms with Crippen LogP contribution in [0.1, 0.15) is 50.3 Å². The third-order valence-corrected chi connectivity index (χ3v) is 6.28. The highest BCUT2D eigenvalue weighted by atomic mass is 16.6. The van der Waals surface area contributed by atoms with Gasteiger partial charge in [-0.3, -0.25) is 14.8 Å². The molecule has 2 aromatic heterocycles. The Morgan fingerprint density at radius 2 is 2.04 bits per heavy atom. The lowest BCUT2D eigenvalue weighted by Gasteiger charge is -2.60. The van der Waals surface area contributed by atoms with Gasteiger partial charge in [-0.1, -0.05) is 0 Å². The Balaban J connectivity index is 1.59. The Kier molecular flexibility index (Phi) is 2.61. The van der Waals surface area contributed by atoms with E-state index in [4.69, 9.17) is 4.42 Å². The van der Waals surface area contributed by atoms with Crippen LogP contribution in [0.2, 0.25) is 0 Å². The van der Waals surface area contributed by atoms with E-state index in [0.717, 1.165) is 38.0 Å². The fourth-order valence-corrected chi connectivity index (χ4v) is 5.91. The van der Waals surface area contributed by atoms with Crippen LogP contribution in [0, 0.1) is 28.9 Å². The van der Waals surface area contributed by atoms with E-state index < -0.39 is 0 Å². The molecular formula is C16H19N5O3. The smallest absolute Gasteiger partial charge is 0.307 e. The van der Waals surface area contributed by atoms with Crippen molar-refractivity contribution in [3.05, 3.63) is 34.3 Å². The molecule has 4 aliphatic rings. The van der Waals surface area contributed by atoms with Crippen LogP contribution in [-0.4, -0.2) is 24.9 Å². The monoisotopic (exact) mass is 329 g/mol. The summed E-state index contributed by atoms with van der Waals surface area (Å²) >= 11 is 0. The zero-order valence-electron chi connectivity index (χ0n) is 13.5. The molecule has 2 heterocycles. The van der Waals surface area contributed by atoms with Gasteiger partial charge >= 0.3 is 5.69 Å². The van der Waals surface area contributed by atoms with Crippen LogP contribution in [0.4, 0.5) is 5.69 Å². The average molecular weight is 329 g/mol. The molecule has 8 heteroatoms. The maximum absolute atomic E-state index is 11.0. The minimum absolute atomic E-state index is 0.0634. The van der Waals surface area contributed by atoms with Crippen molar-refractivity contribution in [2.24, 2.45) is 11.8 Å². The maximum atomic E-state index is 11.0. The molecule has 0 amide bonds. The highest BCUT2D eigenvalue weighted by molar-refractivity contribution is 5.25. The Hall–Kier alpha value is -2.25. The van der Waals surface area contributed by atoms with Gasteiger partial charge in [0.2, 0.25) is 11.8 Å². The van der Waals surface area contributed by atoms with Crippen LogP contribution in [0.25, 0.3) is 0 Å². The Morgan fingerprint density at radius 1 is 1.29 bits per heavy atom. The maximum Gasteiger partial charge on any atom is 0.307 e. The summed E-state index contributed by atoms with van der Waals surface area (Å²) in [6.07, 6.45) is 9.32. The summed E-state index contributed by atoms with van der Waals surface area (Å²) in [6, 6.07) is 0. The number of nitrogens with zero attached hydrogens (tertiary/aromatic N) is 5. The van der Waals surface area contributed by atoms with Gasteiger partial charge in [-0.15, -0.1) is 10.2 Å². The van der Waals surface area contributed by atoms with Gasteiger partial charge in [0.1, 0.15) is 12.4 Å². The number of hydrogen-bond donors (Lipinski definition) is 0. The molecular weight excluding hydrogens is 310 g/mol. The Labute approximate surface area is 138 Å². The standard InChI is InChI=1S/C16H19N5O3/c1-10-18-19-14(24-10)15-3-11-2-12(4-15)6-16(5-11,9-15)20-8-13(7-17-20)21(22)23/h7-8,11-12H,2-6,9H2,1H3. The highest BCUT2D eigenvalue weighted by Crippen LogP contribution is 2.64. The number of rotatable bonds is 3. The SMILES string of the molecule is Cc1nnc(C23CC4CC(C2)CC(n2cc([N+](=O)[O-])cn2)(C4)C3)o1. The third kappa shape index (κ3) is 1.82. The number of aryl methyl sites for hydroxylation is 1. The van der Waals surface area contributed by atoms with Crippen LogP contribution < -0.4 is 0 Å². The molecule has 8 nitrogen and oxygen atoms in total. The minimum Gasteiger partial charge on any atom is -0.425 e. The van der Waals surface area contributed by atoms with E-state index in [9.17, 15) is 10.1 Å². The minimum atomic E-state index is -0.374. The van der Waals surface area contributed by atoms with Gasteiger partial charge in [-0.2, -0.15) is 5.10 Å². The molecule has 6 rings (SSSR count). The largest absolute Gasteiger partial charge is 0.425 e. The van der Waals surface area contributed by atoms with E-state index in [2.05, 4.69) is 15.3 Å². The third-order valence-electron chi connectivity index (χ3n) is 6.28. The predicted molar refractivity (Wildman–Crippen MR) is 82.3 cm³/mol. The van der Waals surface area contributed by atoms with Crippen molar-refractivity contribution in [1.29, 1.82) is 0 Å². The lowest BCUT2D eigenvalue weighted by molar-refractivity contribution is -0.385. The van der Waals surface area contributed by atoms with Crippen LogP contribution in [-0.2, 0) is 11.0 Å². The average Bonchev–Trinajstić information content (AvgIpc) is 3.15. The molecule has 2 aromatic rings. The quantitative estimate of drug-likeness (QED) is 0.634. The Morgan fingerprint density at radius 3 is 2.62 bits per heavy atom. The van der Waals surface area contributed by atoms with Gasteiger partial charge < -0.3 is 4.42 Å². The van der Waals surface area contributed by atoms with Gasteiger partial charge in [0, 0.05) is 6.92 Å². The first kappa shape index (κ1) is 14.1. The van der Waals surface area contributed by atoms with Crippen molar-refractivity contribution in [2.75, 3.05) is 0 Å². The van der Waals surface area contributed by atoms with E-state index in [-0.39, 0.29) is 21.6 Å². The van der Waals surface area contributed by atoms with Crippen molar-refractivity contribution in [3.8, 4) is 0 Å². The van der Waals surface area contributed by atoms with E-state index in [1.165, 1.54) is 12.6 Å². The lowest BCUT2D eigenvalue weighted by Crippen LogP contribution is -2.58. The summed E-state index contributed by atoms with van der Waals surface area (Å²) in [5, 5.41) is 23.8. The van der Waals surface area contributed by atoms with Gasteiger partial charge in [0.05, 0.1) is 15.9 Å². The summed E-state index contributed by atoms with van der Waals surface area (Å²) in [4.78, 5) is 10.7. The molecule has 24 heavy (non-hydrogen) atoms. The first-order chi connectivity index (χ1) is 11.5. The molecule has 0 radical (unpaired) electrons. The number of hydrogen-bond acceptors (Lipinski definition) is 6. The lowest BCUT2D eigenvalue weighted by atomic mass is 9.47. The molecule has 2 atom stereocenters. The van der Waals surface area contributed by atoms with Gasteiger partial charge in [0.25, 0.3) is 0 Å². The molecule has 0 aliphatic heterocycles. The topological polar surface area (TPSA) is 99.9 Å². The summed E-state index contributed by atoms with van der Waals surface area (Å²) in [5.41, 5.74) is -0.180. The molecule has 0 aromatic carbocycles. The summed E-state index contributed by atoms with van der Waals surface area (Å²) < 4.78 is 7.69. The second-order valence-electron chi connectivity index (χ2n) is 7.99. The van der Waals surface area contributed by atoms with Crippen molar-refractivity contribution >= 4 is 5.69 Å². The van der Waals surface area contributed by atoms with Gasteiger partial charge in [-0.05, 0) is 50.4 Å². The van der Waals surface area contributed by atoms with E-state index in [0.29, 0.717) is 17.7 Å². The van der Waals surface area contributed by atoms with E-state index in [1.807, 2.05) is 11.6 Å². The molecule has 126 valence electrons. The molecule has 2 unspecified atom stereocenters. The summed E-state index contributed by atoms with van der Waals surface area (Å²) in [5.74, 6) is 2.55. The van der Waals surface area contributed by atoms with Gasteiger partial charge in [0.15, 0.2) is 0 Å².